The van der Waals surface area contributed by atoms with Crippen molar-refractivity contribution in [1.29, 1.82) is 0 Å². The van der Waals surface area contributed by atoms with E-state index in [9.17, 15) is 9.59 Å². The summed E-state index contributed by atoms with van der Waals surface area (Å²) in [5, 5.41) is 0. The highest BCUT2D eigenvalue weighted by molar-refractivity contribution is 6.45. The first-order valence-corrected chi connectivity index (χ1v) is 10.8. The number of rotatable bonds is 9. The molecule has 2 aromatic carbocycles. The molecule has 32 heavy (non-hydrogen) atoms. The highest BCUT2D eigenvalue weighted by Crippen LogP contribution is 2.36. The second-order valence-corrected chi connectivity index (χ2v) is 8.31. The van der Waals surface area contributed by atoms with E-state index in [1.807, 2.05) is 69.0 Å². The predicted molar refractivity (Wildman–Crippen MR) is 127 cm³/mol. The molecule has 0 N–H and O–H groups in total. The van der Waals surface area contributed by atoms with Crippen molar-refractivity contribution < 1.29 is 19.1 Å². The topological polar surface area (TPSA) is 59.1 Å². The molecule has 0 aromatic heterocycles. The number of hydrogen-bond donors (Lipinski definition) is 0. The van der Waals surface area contributed by atoms with Crippen LogP contribution in [0.25, 0.3) is 5.57 Å². The fourth-order valence-corrected chi connectivity index (χ4v) is 4.20. The molecule has 3 rings (SSSR count). The summed E-state index contributed by atoms with van der Waals surface area (Å²) in [5.41, 5.74) is 6.25. The van der Waals surface area contributed by atoms with E-state index in [0.717, 1.165) is 27.8 Å². The van der Waals surface area contributed by atoms with E-state index in [-0.39, 0.29) is 11.8 Å². The molecule has 0 radical (unpaired) electrons. The molecule has 0 saturated carbocycles. The second-order valence-electron chi connectivity index (χ2n) is 8.31. The molecule has 0 bridgehead atoms. The van der Waals surface area contributed by atoms with Gasteiger partial charge in [0, 0.05) is 27.3 Å². The minimum Gasteiger partial charge on any atom is -0.383 e. The van der Waals surface area contributed by atoms with E-state index in [1.165, 1.54) is 4.90 Å². The Morgan fingerprint density at radius 2 is 1.38 bits per heavy atom. The lowest BCUT2D eigenvalue weighted by atomic mass is 9.97. The number of methoxy groups -OCH3 is 2. The van der Waals surface area contributed by atoms with Crippen LogP contribution >= 0.6 is 0 Å². The van der Waals surface area contributed by atoms with Crippen molar-refractivity contribution in [2.24, 2.45) is 0 Å². The van der Waals surface area contributed by atoms with Gasteiger partial charge in [0.1, 0.15) is 5.70 Å². The highest BCUT2D eigenvalue weighted by Gasteiger charge is 2.42. The molecule has 0 saturated heterocycles. The smallest absolute Gasteiger partial charge is 0.282 e. The van der Waals surface area contributed by atoms with Crippen LogP contribution < -0.4 is 4.90 Å². The van der Waals surface area contributed by atoms with Gasteiger partial charge >= 0.3 is 0 Å². The molecule has 0 atom stereocenters. The number of ether oxygens (including phenoxy) is 2. The normalized spacial score (nSPS) is 14.0. The maximum Gasteiger partial charge on any atom is 0.282 e. The number of imide groups is 1. The second kappa shape index (κ2) is 10.1. The van der Waals surface area contributed by atoms with Crippen LogP contribution in [0.4, 0.5) is 5.69 Å². The van der Waals surface area contributed by atoms with Crippen LogP contribution in [0.2, 0.25) is 0 Å². The fraction of sp³-hybridized carbons (Fsp3) is 0.385. The minimum atomic E-state index is -0.317. The molecule has 1 aliphatic rings. The van der Waals surface area contributed by atoms with Gasteiger partial charge in [-0.05, 0) is 62.1 Å². The van der Waals surface area contributed by atoms with Gasteiger partial charge in [0.15, 0.2) is 0 Å². The van der Waals surface area contributed by atoms with Crippen LogP contribution in [0.1, 0.15) is 27.8 Å². The first-order chi connectivity index (χ1) is 15.3. The van der Waals surface area contributed by atoms with Gasteiger partial charge in [0.25, 0.3) is 11.8 Å². The number of anilines is 1. The van der Waals surface area contributed by atoms with Crippen LogP contribution in [0.15, 0.2) is 42.1 Å². The van der Waals surface area contributed by atoms with Crippen molar-refractivity contribution in [2.45, 2.75) is 27.7 Å². The van der Waals surface area contributed by atoms with Crippen LogP contribution in [0.5, 0.6) is 0 Å². The Morgan fingerprint density at radius 3 is 1.91 bits per heavy atom. The zero-order valence-corrected chi connectivity index (χ0v) is 19.8. The van der Waals surface area contributed by atoms with Gasteiger partial charge in [0.2, 0.25) is 0 Å². The summed E-state index contributed by atoms with van der Waals surface area (Å²) >= 11 is 0. The van der Waals surface area contributed by atoms with Crippen molar-refractivity contribution in [3.05, 3.63) is 69.9 Å². The van der Waals surface area contributed by atoms with Crippen molar-refractivity contribution in [2.75, 3.05) is 45.4 Å². The summed E-state index contributed by atoms with van der Waals surface area (Å²) in [6, 6.07) is 11.7. The maximum atomic E-state index is 13.8. The van der Waals surface area contributed by atoms with Gasteiger partial charge in [-0.1, -0.05) is 29.8 Å². The number of carbonyl (C=O) groups excluding carboxylic acids is 2. The van der Waals surface area contributed by atoms with Crippen LogP contribution in [-0.4, -0.2) is 57.2 Å². The molecule has 0 fully saturated rings. The Morgan fingerprint density at radius 1 is 0.781 bits per heavy atom. The summed E-state index contributed by atoms with van der Waals surface area (Å²) in [4.78, 5) is 30.8. The first kappa shape index (κ1) is 23.7. The third-order valence-corrected chi connectivity index (χ3v) is 5.62. The Kier molecular flexibility index (Phi) is 7.48. The zero-order chi connectivity index (χ0) is 23.4. The number of benzene rings is 2. The van der Waals surface area contributed by atoms with Crippen molar-refractivity contribution in [1.82, 2.24) is 4.90 Å². The first-order valence-electron chi connectivity index (χ1n) is 10.8. The number of amides is 2. The molecule has 2 aromatic rings. The summed E-state index contributed by atoms with van der Waals surface area (Å²) in [6.45, 7) is 9.72. The van der Waals surface area contributed by atoms with Gasteiger partial charge in [0.05, 0.1) is 24.5 Å². The number of carbonyl (C=O) groups is 2. The Hall–Kier alpha value is -2.96. The average Bonchev–Trinajstić information content (AvgIpc) is 2.98. The van der Waals surface area contributed by atoms with Crippen LogP contribution in [0.3, 0.4) is 0 Å². The van der Waals surface area contributed by atoms with Crippen molar-refractivity contribution in [3.63, 3.8) is 0 Å². The average molecular weight is 437 g/mol. The van der Waals surface area contributed by atoms with E-state index < -0.39 is 0 Å². The molecule has 0 unspecified atom stereocenters. The molecule has 170 valence electrons. The molecule has 1 heterocycles. The molecule has 6 heteroatoms. The van der Waals surface area contributed by atoms with Gasteiger partial charge in [-0.25, -0.2) is 4.90 Å². The SMILES string of the molecule is COCCN(CCOC)C1=C(c2ccc(C)cc2C)C(=O)N(c2cc(C)cc(C)c2)C1=O. The largest absolute Gasteiger partial charge is 0.383 e. The Bertz CT molecular complexity index is 1030. The van der Waals surface area contributed by atoms with E-state index in [1.54, 1.807) is 14.2 Å². The maximum absolute atomic E-state index is 13.8. The monoisotopic (exact) mass is 436 g/mol. The van der Waals surface area contributed by atoms with E-state index in [4.69, 9.17) is 9.47 Å². The molecular formula is C26H32N2O4. The van der Waals surface area contributed by atoms with Crippen LogP contribution in [0, 0.1) is 27.7 Å². The van der Waals surface area contributed by atoms with Crippen LogP contribution in [-0.2, 0) is 19.1 Å². The molecular weight excluding hydrogens is 404 g/mol. The number of hydrogen-bond acceptors (Lipinski definition) is 5. The lowest BCUT2D eigenvalue weighted by Crippen LogP contribution is -2.37. The number of aryl methyl sites for hydroxylation is 4. The molecule has 0 aliphatic carbocycles. The molecule has 2 amide bonds. The lowest BCUT2D eigenvalue weighted by Gasteiger charge is -2.26. The van der Waals surface area contributed by atoms with Gasteiger partial charge < -0.3 is 14.4 Å². The summed E-state index contributed by atoms with van der Waals surface area (Å²) in [5.74, 6) is -0.621. The Balaban J connectivity index is 2.19. The van der Waals surface area contributed by atoms with E-state index in [0.29, 0.717) is 43.3 Å². The van der Waals surface area contributed by atoms with E-state index in [2.05, 4.69) is 0 Å². The molecule has 1 aliphatic heterocycles. The van der Waals surface area contributed by atoms with Gasteiger partial charge in [-0.15, -0.1) is 0 Å². The van der Waals surface area contributed by atoms with Gasteiger partial charge in [-0.2, -0.15) is 0 Å². The highest BCUT2D eigenvalue weighted by atomic mass is 16.5. The predicted octanol–water partition coefficient (Wildman–Crippen LogP) is 3.80. The Labute approximate surface area is 190 Å². The van der Waals surface area contributed by atoms with Gasteiger partial charge in [-0.3, -0.25) is 9.59 Å². The zero-order valence-electron chi connectivity index (χ0n) is 19.8. The fourth-order valence-electron chi connectivity index (χ4n) is 4.20. The van der Waals surface area contributed by atoms with E-state index >= 15 is 0 Å². The third kappa shape index (κ3) is 4.76. The summed E-state index contributed by atoms with van der Waals surface area (Å²) < 4.78 is 10.6. The summed E-state index contributed by atoms with van der Waals surface area (Å²) in [6.07, 6.45) is 0. The summed E-state index contributed by atoms with van der Waals surface area (Å²) in [7, 11) is 3.24. The van der Waals surface area contributed by atoms with Crippen molar-refractivity contribution in [3.8, 4) is 0 Å². The molecule has 6 nitrogen and oxygen atoms in total. The standard InChI is InChI=1S/C26H32N2O4/c1-17-7-8-22(20(4)14-17)23-24(27(9-11-31-5)10-12-32-6)26(30)28(25(23)29)21-15-18(2)13-19(3)16-21/h7-8,13-16H,9-12H2,1-6H3. The lowest BCUT2D eigenvalue weighted by molar-refractivity contribution is -0.120. The quantitative estimate of drug-likeness (QED) is 0.560. The molecule has 0 spiro atoms. The third-order valence-electron chi connectivity index (χ3n) is 5.62. The van der Waals surface area contributed by atoms with Crippen molar-refractivity contribution >= 4 is 23.1 Å². The number of nitrogens with zero attached hydrogens (tertiary/aromatic N) is 2. The minimum absolute atomic E-state index is 0.304.